The van der Waals surface area contributed by atoms with Crippen LogP contribution in [0.5, 0.6) is 0 Å². The van der Waals surface area contributed by atoms with E-state index in [0.717, 1.165) is 26.3 Å². The Balaban J connectivity index is 1.79. The number of rotatable bonds is 5. The van der Waals surface area contributed by atoms with Gasteiger partial charge in [-0.2, -0.15) is 0 Å². The zero-order chi connectivity index (χ0) is 12.7. The molecule has 2 fully saturated rings. The largest absolute Gasteiger partial charge is 0.379 e. The summed E-state index contributed by atoms with van der Waals surface area (Å²) in [5, 5.41) is 7.26. The SMILES string of the molecule is CCNC1COCC1CNC1C(C)(C)C1(C)C. The average Bonchev–Trinajstić information content (AvgIpc) is 2.59. The normalized spacial score (nSPS) is 35.1. The fourth-order valence-electron chi connectivity index (χ4n) is 3.26. The molecule has 2 atom stereocenters. The van der Waals surface area contributed by atoms with Crippen LogP contribution in [0.1, 0.15) is 34.6 Å². The molecule has 0 aromatic rings. The van der Waals surface area contributed by atoms with E-state index < -0.39 is 0 Å². The van der Waals surface area contributed by atoms with Crippen LogP contribution in [0.25, 0.3) is 0 Å². The van der Waals surface area contributed by atoms with Crippen LogP contribution in [-0.4, -0.2) is 38.4 Å². The van der Waals surface area contributed by atoms with Crippen molar-refractivity contribution in [2.45, 2.75) is 46.7 Å². The number of hydrogen-bond acceptors (Lipinski definition) is 3. The van der Waals surface area contributed by atoms with Crippen LogP contribution < -0.4 is 10.6 Å². The highest BCUT2D eigenvalue weighted by Crippen LogP contribution is 2.62. The van der Waals surface area contributed by atoms with Gasteiger partial charge in [0.25, 0.3) is 0 Å². The van der Waals surface area contributed by atoms with Gasteiger partial charge in [-0.15, -0.1) is 0 Å². The summed E-state index contributed by atoms with van der Waals surface area (Å²) < 4.78 is 5.58. The van der Waals surface area contributed by atoms with E-state index in [-0.39, 0.29) is 0 Å². The van der Waals surface area contributed by atoms with E-state index in [2.05, 4.69) is 45.3 Å². The van der Waals surface area contributed by atoms with Gasteiger partial charge < -0.3 is 15.4 Å². The van der Waals surface area contributed by atoms with Crippen molar-refractivity contribution in [1.29, 1.82) is 0 Å². The van der Waals surface area contributed by atoms with Gasteiger partial charge in [0, 0.05) is 24.5 Å². The molecule has 17 heavy (non-hydrogen) atoms. The minimum Gasteiger partial charge on any atom is -0.379 e. The van der Waals surface area contributed by atoms with Crippen molar-refractivity contribution in [3.63, 3.8) is 0 Å². The van der Waals surface area contributed by atoms with Gasteiger partial charge in [0.1, 0.15) is 0 Å². The molecule has 0 bridgehead atoms. The Morgan fingerprint density at radius 3 is 2.24 bits per heavy atom. The molecule has 0 amide bonds. The first kappa shape index (κ1) is 13.3. The lowest BCUT2D eigenvalue weighted by Gasteiger charge is -2.19. The Kier molecular flexibility index (Phi) is 3.54. The number of nitrogens with one attached hydrogen (secondary N) is 2. The standard InChI is InChI=1S/C14H28N2O/c1-6-15-11-9-17-8-10(11)7-16-12-13(2,3)14(12,4)5/h10-12,15-16H,6-9H2,1-5H3. The van der Waals surface area contributed by atoms with Crippen molar-refractivity contribution in [1.82, 2.24) is 10.6 Å². The minimum atomic E-state index is 0.431. The summed E-state index contributed by atoms with van der Waals surface area (Å²) in [7, 11) is 0. The quantitative estimate of drug-likeness (QED) is 0.766. The molecule has 1 aliphatic heterocycles. The van der Waals surface area contributed by atoms with Crippen LogP contribution in [0, 0.1) is 16.7 Å². The molecule has 0 radical (unpaired) electrons. The molecule has 2 aliphatic rings. The molecule has 2 rings (SSSR count). The summed E-state index contributed by atoms with van der Waals surface area (Å²) in [4.78, 5) is 0. The number of hydrogen-bond donors (Lipinski definition) is 2. The first-order valence-electron chi connectivity index (χ1n) is 6.95. The molecule has 3 heteroatoms. The molecular formula is C14H28N2O. The lowest BCUT2D eigenvalue weighted by atomic mass is 10.0. The first-order valence-corrected chi connectivity index (χ1v) is 6.95. The molecule has 0 spiro atoms. The fourth-order valence-corrected chi connectivity index (χ4v) is 3.26. The molecule has 1 saturated carbocycles. The fraction of sp³-hybridized carbons (Fsp3) is 1.00. The van der Waals surface area contributed by atoms with Crippen LogP contribution >= 0.6 is 0 Å². The molecule has 3 nitrogen and oxygen atoms in total. The van der Waals surface area contributed by atoms with Crippen molar-refractivity contribution in [3.8, 4) is 0 Å². The van der Waals surface area contributed by atoms with Crippen LogP contribution in [0.15, 0.2) is 0 Å². The third kappa shape index (κ3) is 2.25. The van der Waals surface area contributed by atoms with Crippen molar-refractivity contribution < 1.29 is 4.74 Å². The Morgan fingerprint density at radius 2 is 1.71 bits per heavy atom. The topological polar surface area (TPSA) is 33.3 Å². The zero-order valence-corrected chi connectivity index (χ0v) is 12.0. The van der Waals surface area contributed by atoms with Gasteiger partial charge in [-0.3, -0.25) is 0 Å². The second-order valence-electron chi connectivity index (χ2n) is 6.75. The van der Waals surface area contributed by atoms with Crippen molar-refractivity contribution in [2.75, 3.05) is 26.3 Å². The van der Waals surface area contributed by atoms with Crippen LogP contribution in [0.4, 0.5) is 0 Å². The van der Waals surface area contributed by atoms with E-state index in [1.165, 1.54) is 0 Å². The maximum atomic E-state index is 5.58. The van der Waals surface area contributed by atoms with E-state index in [4.69, 9.17) is 4.74 Å². The lowest BCUT2D eigenvalue weighted by molar-refractivity contribution is 0.182. The summed E-state index contributed by atoms with van der Waals surface area (Å²) in [5.41, 5.74) is 0.861. The first-order chi connectivity index (χ1) is 7.91. The Labute approximate surface area is 106 Å². The average molecular weight is 240 g/mol. The Morgan fingerprint density at radius 1 is 1.06 bits per heavy atom. The van der Waals surface area contributed by atoms with Gasteiger partial charge in [0.15, 0.2) is 0 Å². The van der Waals surface area contributed by atoms with Gasteiger partial charge >= 0.3 is 0 Å². The maximum Gasteiger partial charge on any atom is 0.0623 e. The highest BCUT2D eigenvalue weighted by molar-refractivity contribution is 5.17. The molecule has 1 aliphatic carbocycles. The Hall–Kier alpha value is -0.120. The molecular weight excluding hydrogens is 212 g/mol. The molecule has 0 aromatic heterocycles. The molecule has 100 valence electrons. The monoisotopic (exact) mass is 240 g/mol. The second-order valence-corrected chi connectivity index (χ2v) is 6.75. The highest BCUT2D eigenvalue weighted by Gasteiger charge is 2.64. The summed E-state index contributed by atoms with van der Waals surface area (Å²) in [5.74, 6) is 0.627. The van der Waals surface area contributed by atoms with Gasteiger partial charge in [0.2, 0.25) is 0 Å². The van der Waals surface area contributed by atoms with Gasteiger partial charge in [-0.1, -0.05) is 34.6 Å². The minimum absolute atomic E-state index is 0.431. The summed E-state index contributed by atoms with van der Waals surface area (Å²) in [6.07, 6.45) is 0. The number of ether oxygens (including phenoxy) is 1. The summed E-state index contributed by atoms with van der Waals surface area (Å²) in [6.45, 7) is 15.5. The third-order valence-corrected chi connectivity index (χ3v) is 5.27. The van der Waals surface area contributed by atoms with Crippen molar-refractivity contribution in [3.05, 3.63) is 0 Å². The van der Waals surface area contributed by atoms with Gasteiger partial charge in [-0.05, 0) is 17.4 Å². The van der Waals surface area contributed by atoms with Crippen molar-refractivity contribution >= 4 is 0 Å². The predicted octanol–water partition coefficient (Wildman–Crippen LogP) is 1.64. The van der Waals surface area contributed by atoms with Crippen LogP contribution in [0.3, 0.4) is 0 Å². The van der Waals surface area contributed by atoms with Gasteiger partial charge in [0.05, 0.1) is 13.2 Å². The van der Waals surface area contributed by atoms with E-state index >= 15 is 0 Å². The van der Waals surface area contributed by atoms with E-state index in [9.17, 15) is 0 Å². The van der Waals surface area contributed by atoms with E-state index in [1.807, 2.05) is 0 Å². The Bertz CT molecular complexity index is 261. The highest BCUT2D eigenvalue weighted by atomic mass is 16.5. The molecule has 2 N–H and O–H groups in total. The summed E-state index contributed by atoms with van der Waals surface area (Å²) in [6, 6.07) is 1.19. The third-order valence-electron chi connectivity index (χ3n) is 5.27. The predicted molar refractivity (Wildman–Crippen MR) is 71.1 cm³/mol. The van der Waals surface area contributed by atoms with Gasteiger partial charge in [-0.25, -0.2) is 0 Å². The molecule has 0 aromatic carbocycles. The van der Waals surface area contributed by atoms with Crippen molar-refractivity contribution in [2.24, 2.45) is 16.7 Å². The molecule has 1 saturated heterocycles. The zero-order valence-electron chi connectivity index (χ0n) is 12.0. The van der Waals surface area contributed by atoms with Crippen LogP contribution in [0.2, 0.25) is 0 Å². The summed E-state index contributed by atoms with van der Waals surface area (Å²) >= 11 is 0. The van der Waals surface area contributed by atoms with E-state index in [0.29, 0.717) is 28.8 Å². The second kappa shape index (κ2) is 4.52. The molecule has 1 heterocycles. The smallest absolute Gasteiger partial charge is 0.0623 e. The molecule has 2 unspecified atom stereocenters. The lowest BCUT2D eigenvalue weighted by Crippen LogP contribution is -2.41. The maximum absolute atomic E-state index is 5.58. The number of likely N-dealkylation sites (N-methyl/N-ethyl adjacent to an activating group) is 1. The van der Waals surface area contributed by atoms with Crippen LogP contribution in [-0.2, 0) is 4.74 Å². The van der Waals surface area contributed by atoms with E-state index in [1.54, 1.807) is 0 Å².